The average molecular weight is 265 g/mol. The number of hydrogen-bond donors (Lipinski definition) is 4. The fourth-order valence-electron chi connectivity index (χ4n) is 1.51. The molecule has 1 atom stereocenters. The van der Waals surface area contributed by atoms with Crippen molar-refractivity contribution in [3.8, 4) is 0 Å². The second-order valence-electron chi connectivity index (χ2n) is 4.55. The van der Waals surface area contributed by atoms with Gasteiger partial charge in [-0.25, -0.2) is 10.3 Å². The summed E-state index contributed by atoms with van der Waals surface area (Å²) in [6.45, 7) is 4.13. The largest absolute Gasteiger partial charge is 0.338 e. The number of urea groups is 1. The minimum atomic E-state index is -0.465. The average Bonchev–Trinajstić information content (AvgIpc) is 2.39. The smallest absolute Gasteiger partial charge is 0.319 e. The van der Waals surface area contributed by atoms with Crippen LogP contribution in [-0.4, -0.2) is 23.7 Å². The molecule has 4 N–H and O–H groups in total. The lowest BCUT2D eigenvalue weighted by Gasteiger charge is -2.12. The van der Waals surface area contributed by atoms with Crippen molar-refractivity contribution in [2.45, 2.75) is 20.3 Å². The van der Waals surface area contributed by atoms with Crippen molar-refractivity contribution < 1.29 is 14.8 Å². The molecule has 104 valence electrons. The summed E-state index contributed by atoms with van der Waals surface area (Å²) in [5.74, 6) is -0.524. The van der Waals surface area contributed by atoms with Crippen LogP contribution in [0.5, 0.6) is 0 Å². The lowest BCUT2D eigenvalue weighted by atomic mass is 10.1. The van der Waals surface area contributed by atoms with Crippen LogP contribution in [0.3, 0.4) is 0 Å². The molecule has 0 spiro atoms. The van der Waals surface area contributed by atoms with Gasteiger partial charge in [0.05, 0.1) is 0 Å². The first-order valence-corrected chi connectivity index (χ1v) is 6.05. The predicted molar refractivity (Wildman–Crippen MR) is 71.9 cm³/mol. The van der Waals surface area contributed by atoms with E-state index in [-0.39, 0.29) is 18.4 Å². The van der Waals surface area contributed by atoms with Crippen LogP contribution in [-0.2, 0) is 4.79 Å². The molecule has 6 nitrogen and oxygen atoms in total. The minimum Gasteiger partial charge on any atom is -0.338 e. The van der Waals surface area contributed by atoms with Gasteiger partial charge in [-0.3, -0.25) is 10.0 Å². The zero-order valence-electron chi connectivity index (χ0n) is 11.1. The number of carbonyl (C=O) groups is 2. The number of nitrogens with one attached hydrogen (secondary N) is 3. The van der Waals surface area contributed by atoms with Gasteiger partial charge in [0.2, 0.25) is 5.91 Å². The first-order chi connectivity index (χ1) is 9.01. The predicted octanol–water partition coefficient (Wildman–Crippen LogP) is 1.65. The van der Waals surface area contributed by atoms with Crippen molar-refractivity contribution in [2.75, 3.05) is 11.9 Å². The van der Waals surface area contributed by atoms with E-state index in [1.807, 2.05) is 31.2 Å². The topological polar surface area (TPSA) is 90.5 Å². The third-order valence-corrected chi connectivity index (χ3v) is 2.58. The van der Waals surface area contributed by atoms with Gasteiger partial charge < -0.3 is 10.6 Å². The number of hydrogen-bond acceptors (Lipinski definition) is 3. The molecular formula is C13H19N3O3. The molecule has 0 fully saturated rings. The van der Waals surface area contributed by atoms with E-state index in [0.29, 0.717) is 12.2 Å². The Morgan fingerprint density at radius 1 is 1.26 bits per heavy atom. The lowest BCUT2D eigenvalue weighted by molar-refractivity contribution is -0.130. The Balaban J connectivity index is 2.31. The second-order valence-corrected chi connectivity index (χ2v) is 4.55. The van der Waals surface area contributed by atoms with Crippen molar-refractivity contribution in [1.29, 1.82) is 0 Å². The molecule has 19 heavy (non-hydrogen) atoms. The van der Waals surface area contributed by atoms with Crippen molar-refractivity contribution >= 4 is 17.6 Å². The van der Waals surface area contributed by atoms with Crippen LogP contribution in [0, 0.1) is 12.8 Å². The van der Waals surface area contributed by atoms with Crippen molar-refractivity contribution in [3.63, 3.8) is 0 Å². The van der Waals surface area contributed by atoms with E-state index in [4.69, 9.17) is 5.21 Å². The van der Waals surface area contributed by atoms with E-state index in [1.165, 1.54) is 0 Å². The summed E-state index contributed by atoms with van der Waals surface area (Å²) in [4.78, 5) is 22.5. The summed E-state index contributed by atoms with van der Waals surface area (Å²) >= 11 is 0. The summed E-state index contributed by atoms with van der Waals surface area (Å²) in [6.07, 6.45) is 0.154. The highest BCUT2D eigenvalue weighted by Gasteiger charge is 2.09. The first-order valence-electron chi connectivity index (χ1n) is 6.05. The van der Waals surface area contributed by atoms with Crippen LogP contribution in [0.1, 0.15) is 18.9 Å². The molecule has 0 heterocycles. The van der Waals surface area contributed by atoms with Gasteiger partial charge in [-0.15, -0.1) is 0 Å². The molecule has 0 aromatic heterocycles. The summed E-state index contributed by atoms with van der Waals surface area (Å²) in [6, 6.07) is 7.13. The highest BCUT2D eigenvalue weighted by molar-refractivity contribution is 5.89. The molecule has 3 amide bonds. The fraction of sp³-hybridized carbons (Fsp3) is 0.385. The van der Waals surface area contributed by atoms with Gasteiger partial charge in [-0.1, -0.05) is 24.6 Å². The minimum absolute atomic E-state index is 0.0593. The number of rotatable bonds is 5. The summed E-state index contributed by atoms with van der Waals surface area (Å²) < 4.78 is 0. The highest BCUT2D eigenvalue weighted by Crippen LogP contribution is 2.08. The Kier molecular flexibility index (Phi) is 5.81. The number of aryl methyl sites for hydroxylation is 1. The van der Waals surface area contributed by atoms with Crippen molar-refractivity contribution in [3.05, 3.63) is 29.8 Å². The molecule has 0 radical (unpaired) electrons. The molecular weight excluding hydrogens is 246 g/mol. The molecule has 0 saturated heterocycles. The molecule has 1 rings (SSSR count). The molecule has 1 aromatic carbocycles. The van der Waals surface area contributed by atoms with Crippen molar-refractivity contribution in [2.24, 2.45) is 5.92 Å². The van der Waals surface area contributed by atoms with Gasteiger partial charge in [-0.05, 0) is 25.0 Å². The maximum atomic E-state index is 11.6. The van der Waals surface area contributed by atoms with E-state index in [9.17, 15) is 9.59 Å². The Morgan fingerprint density at radius 2 is 1.89 bits per heavy atom. The van der Waals surface area contributed by atoms with Gasteiger partial charge in [0.25, 0.3) is 0 Å². The number of carbonyl (C=O) groups excluding carboxylic acids is 2. The van der Waals surface area contributed by atoms with E-state index in [2.05, 4.69) is 10.6 Å². The molecule has 0 saturated carbocycles. The quantitative estimate of drug-likeness (QED) is 0.482. The van der Waals surface area contributed by atoms with Crippen molar-refractivity contribution in [1.82, 2.24) is 10.8 Å². The van der Waals surface area contributed by atoms with Crippen LogP contribution >= 0.6 is 0 Å². The van der Waals surface area contributed by atoms with E-state index >= 15 is 0 Å². The summed E-state index contributed by atoms with van der Waals surface area (Å²) in [5.41, 5.74) is 3.39. The second kappa shape index (κ2) is 7.38. The number of anilines is 1. The first kappa shape index (κ1) is 15.0. The third-order valence-electron chi connectivity index (χ3n) is 2.58. The maximum Gasteiger partial charge on any atom is 0.319 e. The van der Waals surface area contributed by atoms with E-state index < -0.39 is 5.91 Å². The number of hydroxylamine groups is 1. The maximum absolute atomic E-state index is 11.6. The number of benzene rings is 1. The number of amides is 3. The monoisotopic (exact) mass is 265 g/mol. The Hall–Kier alpha value is -2.08. The SMILES string of the molecule is Cc1ccc(NC(=O)NCC(C)CC(=O)NO)cc1. The molecule has 1 aromatic rings. The fourth-order valence-corrected chi connectivity index (χ4v) is 1.51. The van der Waals surface area contributed by atoms with E-state index in [1.54, 1.807) is 12.4 Å². The normalized spacial score (nSPS) is 11.5. The zero-order valence-corrected chi connectivity index (χ0v) is 11.1. The lowest BCUT2D eigenvalue weighted by Crippen LogP contribution is -2.34. The molecule has 0 bridgehead atoms. The molecule has 0 aliphatic heterocycles. The Morgan fingerprint density at radius 3 is 2.47 bits per heavy atom. The van der Waals surface area contributed by atoms with Gasteiger partial charge in [0.1, 0.15) is 0 Å². The summed E-state index contributed by atoms with van der Waals surface area (Å²) in [7, 11) is 0. The molecule has 0 aliphatic carbocycles. The van der Waals surface area contributed by atoms with Crippen LogP contribution in [0.15, 0.2) is 24.3 Å². The van der Waals surface area contributed by atoms with E-state index in [0.717, 1.165) is 5.56 Å². The molecule has 1 unspecified atom stereocenters. The van der Waals surface area contributed by atoms with Gasteiger partial charge in [0.15, 0.2) is 0 Å². The highest BCUT2D eigenvalue weighted by atomic mass is 16.5. The molecule has 6 heteroatoms. The van der Waals surface area contributed by atoms with Gasteiger partial charge in [0, 0.05) is 18.7 Å². The summed E-state index contributed by atoms with van der Waals surface area (Å²) in [5, 5.41) is 13.7. The van der Waals surface area contributed by atoms with Crippen LogP contribution < -0.4 is 16.1 Å². The Bertz CT molecular complexity index is 431. The third kappa shape index (κ3) is 5.87. The zero-order chi connectivity index (χ0) is 14.3. The molecule has 0 aliphatic rings. The van der Waals surface area contributed by atoms with Crippen LogP contribution in [0.25, 0.3) is 0 Å². The standard InChI is InChI=1S/C13H19N3O3/c1-9-3-5-11(6-4-9)15-13(18)14-8-10(2)7-12(17)16-19/h3-6,10,19H,7-8H2,1-2H3,(H,16,17)(H2,14,15,18). The van der Waals surface area contributed by atoms with Crippen LogP contribution in [0.4, 0.5) is 10.5 Å². The van der Waals surface area contributed by atoms with Gasteiger partial charge >= 0.3 is 6.03 Å². The Labute approximate surface area is 112 Å². The van der Waals surface area contributed by atoms with Crippen LogP contribution in [0.2, 0.25) is 0 Å². The van der Waals surface area contributed by atoms with Gasteiger partial charge in [-0.2, -0.15) is 0 Å².